The summed E-state index contributed by atoms with van der Waals surface area (Å²) < 4.78 is 2.06. The fraction of sp³-hybridized carbons (Fsp3) is 0.440. The first-order valence-corrected chi connectivity index (χ1v) is 11.4. The number of rotatable bonds is 4. The molecule has 2 aliphatic rings. The summed E-state index contributed by atoms with van der Waals surface area (Å²) in [6.45, 7) is 6.43. The van der Waals surface area contributed by atoms with Gasteiger partial charge >= 0.3 is 0 Å². The minimum atomic E-state index is 0.0883. The van der Waals surface area contributed by atoms with Crippen LogP contribution < -0.4 is 0 Å². The van der Waals surface area contributed by atoms with Gasteiger partial charge in [0.15, 0.2) is 0 Å². The van der Waals surface area contributed by atoms with Gasteiger partial charge in [-0.15, -0.1) is 10.2 Å². The van der Waals surface area contributed by atoms with Crippen LogP contribution in [0.4, 0.5) is 0 Å². The third-order valence-corrected chi connectivity index (χ3v) is 7.19. The number of carbonyl (C=O) groups excluding carboxylic acids is 1. The first-order chi connectivity index (χ1) is 15.5. The van der Waals surface area contributed by atoms with Crippen molar-refractivity contribution in [3.8, 4) is 0 Å². The van der Waals surface area contributed by atoms with E-state index in [1.165, 1.54) is 5.56 Å². The predicted molar refractivity (Wildman–Crippen MR) is 122 cm³/mol. The van der Waals surface area contributed by atoms with Crippen LogP contribution in [0.1, 0.15) is 46.1 Å². The van der Waals surface area contributed by atoms with E-state index in [2.05, 4.69) is 55.0 Å². The summed E-state index contributed by atoms with van der Waals surface area (Å²) in [7, 11) is 2.03. The molecular formula is C25H30N6O. The van der Waals surface area contributed by atoms with Gasteiger partial charge in [0.1, 0.15) is 12.2 Å². The molecular weight excluding hydrogens is 400 g/mol. The fourth-order valence-electron chi connectivity index (χ4n) is 5.51. The van der Waals surface area contributed by atoms with Crippen LogP contribution in [-0.4, -0.2) is 61.6 Å². The summed E-state index contributed by atoms with van der Waals surface area (Å²) in [4.78, 5) is 21.8. The maximum atomic E-state index is 13.1. The van der Waals surface area contributed by atoms with Gasteiger partial charge in [0, 0.05) is 58.1 Å². The van der Waals surface area contributed by atoms with Crippen LogP contribution in [0.3, 0.4) is 0 Å². The smallest absolute Gasteiger partial charge is 0.255 e. The Hall–Kier alpha value is -3.06. The van der Waals surface area contributed by atoms with E-state index in [1.54, 1.807) is 18.7 Å². The van der Waals surface area contributed by atoms with Crippen LogP contribution >= 0.6 is 0 Å². The first-order valence-electron chi connectivity index (χ1n) is 11.4. The summed E-state index contributed by atoms with van der Waals surface area (Å²) in [5.41, 5.74) is 3.14. The minimum absolute atomic E-state index is 0.0883. The third-order valence-electron chi connectivity index (χ3n) is 7.19. The van der Waals surface area contributed by atoms with Crippen molar-refractivity contribution in [3.63, 3.8) is 0 Å². The zero-order valence-corrected chi connectivity index (χ0v) is 18.8. The normalized spacial score (nSPS) is 20.7. The van der Waals surface area contributed by atoms with Crippen molar-refractivity contribution in [2.24, 2.45) is 12.5 Å². The summed E-state index contributed by atoms with van der Waals surface area (Å²) in [6.07, 6.45) is 7.21. The average molecular weight is 431 g/mol. The summed E-state index contributed by atoms with van der Waals surface area (Å²) in [5, 5.41) is 8.67. The number of benzene rings is 1. The molecule has 2 fully saturated rings. The Morgan fingerprint density at radius 1 is 1.16 bits per heavy atom. The number of aromatic nitrogens is 4. The molecule has 0 N–H and O–H groups in total. The fourth-order valence-corrected chi connectivity index (χ4v) is 5.51. The molecule has 32 heavy (non-hydrogen) atoms. The highest BCUT2D eigenvalue weighted by atomic mass is 16.2. The van der Waals surface area contributed by atoms with Gasteiger partial charge in [0.2, 0.25) is 0 Å². The number of aryl methyl sites for hydroxylation is 2. The van der Waals surface area contributed by atoms with Gasteiger partial charge in [-0.25, -0.2) is 0 Å². The minimum Gasteiger partial charge on any atom is -0.339 e. The molecule has 1 aromatic carbocycles. The van der Waals surface area contributed by atoms with E-state index in [1.807, 2.05) is 24.9 Å². The molecule has 2 aromatic heterocycles. The Kier molecular flexibility index (Phi) is 5.51. The molecule has 4 heterocycles. The van der Waals surface area contributed by atoms with Crippen molar-refractivity contribution in [3.05, 3.63) is 77.6 Å². The van der Waals surface area contributed by atoms with E-state index < -0.39 is 0 Å². The van der Waals surface area contributed by atoms with E-state index in [4.69, 9.17) is 0 Å². The number of carbonyl (C=O) groups is 1. The Balaban J connectivity index is 1.35. The van der Waals surface area contributed by atoms with Gasteiger partial charge in [-0.2, -0.15) is 0 Å². The van der Waals surface area contributed by atoms with Gasteiger partial charge in [0.25, 0.3) is 5.91 Å². The Bertz CT molecular complexity index is 1090. The molecule has 0 aliphatic carbocycles. The standard InChI is InChI=1S/C25H30N6O/c1-19-12-21(14-26-13-19)24(32)31-10-8-25(9-11-31)17-30(15-20-6-4-3-5-7-20)16-22(25)23-28-27-18-29(23)2/h3-7,12-14,18,22H,8-11,15-17H2,1-2H3. The van der Waals surface area contributed by atoms with Crippen LogP contribution in [0.15, 0.2) is 55.1 Å². The molecule has 0 radical (unpaired) electrons. The molecule has 0 saturated carbocycles. The molecule has 0 bridgehead atoms. The number of nitrogens with zero attached hydrogens (tertiary/aromatic N) is 6. The molecule has 5 rings (SSSR count). The van der Waals surface area contributed by atoms with E-state index in [-0.39, 0.29) is 11.3 Å². The second-order valence-corrected chi connectivity index (χ2v) is 9.41. The largest absolute Gasteiger partial charge is 0.339 e. The number of piperidine rings is 1. The lowest BCUT2D eigenvalue weighted by atomic mass is 9.70. The lowest BCUT2D eigenvalue weighted by molar-refractivity contribution is 0.0554. The number of hydrogen-bond donors (Lipinski definition) is 0. The van der Waals surface area contributed by atoms with Gasteiger partial charge in [0.05, 0.1) is 5.56 Å². The summed E-state index contributed by atoms with van der Waals surface area (Å²) in [6, 6.07) is 12.6. The third kappa shape index (κ3) is 3.93. The predicted octanol–water partition coefficient (Wildman–Crippen LogP) is 3.04. The Labute approximate surface area is 189 Å². The second-order valence-electron chi connectivity index (χ2n) is 9.41. The molecule has 2 aliphatic heterocycles. The van der Waals surface area contributed by atoms with Crippen LogP contribution in [0.2, 0.25) is 0 Å². The molecule has 3 aromatic rings. The molecule has 1 unspecified atom stereocenters. The van der Waals surface area contributed by atoms with Crippen molar-refractivity contribution >= 4 is 5.91 Å². The van der Waals surface area contributed by atoms with Gasteiger partial charge in [-0.05, 0) is 42.4 Å². The molecule has 7 heteroatoms. The van der Waals surface area contributed by atoms with E-state index >= 15 is 0 Å². The summed E-state index contributed by atoms with van der Waals surface area (Å²) >= 11 is 0. The quantitative estimate of drug-likeness (QED) is 0.637. The lowest BCUT2D eigenvalue weighted by Gasteiger charge is -2.42. The lowest BCUT2D eigenvalue weighted by Crippen LogP contribution is -2.46. The van der Waals surface area contributed by atoms with Crippen LogP contribution in [0, 0.1) is 12.3 Å². The van der Waals surface area contributed by atoms with Gasteiger partial charge < -0.3 is 9.47 Å². The Morgan fingerprint density at radius 2 is 1.94 bits per heavy atom. The van der Waals surface area contributed by atoms with Gasteiger partial charge in [-0.3, -0.25) is 14.7 Å². The van der Waals surface area contributed by atoms with Crippen molar-refractivity contribution in [1.82, 2.24) is 29.5 Å². The van der Waals surface area contributed by atoms with Crippen molar-refractivity contribution in [1.29, 1.82) is 0 Å². The summed E-state index contributed by atoms with van der Waals surface area (Å²) in [5.74, 6) is 1.46. The van der Waals surface area contributed by atoms with Crippen molar-refractivity contribution in [2.75, 3.05) is 26.2 Å². The number of hydrogen-bond acceptors (Lipinski definition) is 5. The number of amides is 1. The van der Waals surface area contributed by atoms with Crippen molar-refractivity contribution in [2.45, 2.75) is 32.2 Å². The molecule has 7 nitrogen and oxygen atoms in total. The average Bonchev–Trinajstić information content (AvgIpc) is 3.37. The number of likely N-dealkylation sites (tertiary alicyclic amines) is 2. The SMILES string of the molecule is Cc1cncc(C(=O)N2CCC3(CC2)CN(Cc2ccccc2)CC3c2nncn2C)c1. The van der Waals surface area contributed by atoms with E-state index in [0.29, 0.717) is 11.5 Å². The second kappa shape index (κ2) is 8.47. The molecule has 1 spiro atoms. The van der Waals surface area contributed by atoms with E-state index in [0.717, 1.165) is 57.0 Å². The Morgan fingerprint density at radius 3 is 2.62 bits per heavy atom. The van der Waals surface area contributed by atoms with Crippen LogP contribution in [0.5, 0.6) is 0 Å². The topological polar surface area (TPSA) is 67.2 Å². The molecule has 166 valence electrons. The molecule has 1 atom stereocenters. The maximum Gasteiger partial charge on any atom is 0.255 e. The zero-order chi connectivity index (χ0) is 22.1. The van der Waals surface area contributed by atoms with E-state index in [9.17, 15) is 4.79 Å². The molecule has 1 amide bonds. The maximum absolute atomic E-state index is 13.1. The monoisotopic (exact) mass is 430 g/mol. The van der Waals surface area contributed by atoms with Crippen LogP contribution in [-0.2, 0) is 13.6 Å². The highest BCUT2D eigenvalue weighted by molar-refractivity contribution is 5.94. The van der Waals surface area contributed by atoms with Crippen molar-refractivity contribution < 1.29 is 4.79 Å². The number of pyridine rings is 1. The zero-order valence-electron chi connectivity index (χ0n) is 18.8. The van der Waals surface area contributed by atoms with Crippen LogP contribution in [0.25, 0.3) is 0 Å². The van der Waals surface area contributed by atoms with Gasteiger partial charge in [-0.1, -0.05) is 30.3 Å². The first kappa shape index (κ1) is 20.8. The highest BCUT2D eigenvalue weighted by Crippen LogP contribution is 2.49. The molecule has 2 saturated heterocycles. The highest BCUT2D eigenvalue weighted by Gasteiger charge is 2.50.